The van der Waals surface area contributed by atoms with Crippen LogP contribution < -0.4 is 10.1 Å². The first-order chi connectivity index (χ1) is 7.04. The molecule has 0 aliphatic rings. The van der Waals surface area contributed by atoms with Crippen molar-refractivity contribution in [2.24, 2.45) is 0 Å². The van der Waals surface area contributed by atoms with E-state index in [4.69, 9.17) is 4.74 Å². The van der Waals surface area contributed by atoms with Crippen LogP contribution in [-0.2, 0) is 0 Å². The average Bonchev–Trinajstić information content (AvgIpc) is 2.16. The third-order valence-electron chi connectivity index (χ3n) is 2.43. The van der Waals surface area contributed by atoms with Crippen LogP contribution >= 0.6 is 0 Å². The van der Waals surface area contributed by atoms with Crippen molar-refractivity contribution in [1.29, 1.82) is 0 Å². The van der Waals surface area contributed by atoms with Crippen molar-refractivity contribution in [2.45, 2.75) is 39.8 Å². The molecule has 1 atom stereocenters. The van der Waals surface area contributed by atoms with Gasteiger partial charge in [0.05, 0.1) is 6.10 Å². The minimum absolute atomic E-state index is 0.217. The first kappa shape index (κ1) is 12.1. The number of rotatable bonds is 4. The smallest absolute Gasteiger partial charge is 0.124 e. The summed E-state index contributed by atoms with van der Waals surface area (Å²) < 4.78 is 5.81. The fourth-order valence-corrected chi connectivity index (χ4v) is 1.51. The van der Waals surface area contributed by atoms with Gasteiger partial charge in [-0.15, -0.1) is 0 Å². The van der Waals surface area contributed by atoms with Gasteiger partial charge in [0.2, 0.25) is 0 Å². The number of ether oxygens (including phenoxy) is 1. The number of nitrogens with one attached hydrogen (secondary N) is 1. The summed E-state index contributed by atoms with van der Waals surface area (Å²) in [6.45, 7) is 8.32. The number of aryl methyl sites for hydroxylation is 1. The Balaban J connectivity index is 3.02. The molecule has 1 rings (SSSR count). The average molecular weight is 207 g/mol. The van der Waals surface area contributed by atoms with Gasteiger partial charge in [0, 0.05) is 11.6 Å². The summed E-state index contributed by atoms with van der Waals surface area (Å²) in [5, 5.41) is 3.23. The SMILES string of the molecule is CNC(C)c1ccc(C)cc1OC(C)C. The minimum Gasteiger partial charge on any atom is -0.491 e. The number of benzene rings is 1. The second-order valence-corrected chi connectivity index (χ2v) is 4.22. The summed E-state index contributed by atoms with van der Waals surface area (Å²) in [6.07, 6.45) is 0.217. The molecule has 0 bridgehead atoms. The fraction of sp³-hybridized carbons (Fsp3) is 0.538. The molecule has 2 heteroatoms. The maximum atomic E-state index is 5.81. The van der Waals surface area contributed by atoms with Crippen LogP contribution in [0, 0.1) is 6.92 Å². The number of hydrogen-bond donors (Lipinski definition) is 1. The zero-order chi connectivity index (χ0) is 11.4. The van der Waals surface area contributed by atoms with Gasteiger partial charge in [-0.25, -0.2) is 0 Å². The van der Waals surface area contributed by atoms with E-state index in [-0.39, 0.29) is 6.10 Å². The molecule has 0 amide bonds. The van der Waals surface area contributed by atoms with E-state index in [2.05, 4.69) is 51.2 Å². The van der Waals surface area contributed by atoms with Gasteiger partial charge in [-0.2, -0.15) is 0 Å². The molecule has 15 heavy (non-hydrogen) atoms. The van der Waals surface area contributed by atoms with Gasteiger partial charge in [-0.1, -0.05) is 12.1 Å². The molecule has 0 saturated carbocycles. The molecule has 0 aliphatic carbocycles. The molecule has 0 saturated heterocycles. The lowest BCUT2D eigenvalue weighted by atomic mass is 10.1. The Bertz CT molecular complexity index is 320. The second-order valence-electron chi connectivity index (χ2n) is 4.22. The molecule has 0 heterocycles. The second kappa shape index (κ2) is 5.17. The Morgan fingerprint density at radius 2 is 1.87 bits per heavy atom. The lowest BCUT2D eigenvalue weighted by molar-refractivity contribution is 0.238. The molecule has 1 aromatic rings. The lowest BCUT2D eigenvalue weighted by Gasteiger charge is -2.19. The van der Waals surface area contributed by atoms with Gasteiger partial charge in [-0.05, 0) is 46.4 Å². The Morgan fingerprint density at radius 3 is 2.40 bits per heavy atom. The van der Waals surface area contributed by atoms with Crippen LogP contribution in [0.2, 0.25) is 0 Å². The molecule has 1 aromatic carbocycles. The van der Waals surface area contributed by atoms with E-state index in [9.17, 15) is 0 Å². The van der Waals surface area contributed by atoms with Gasteiger partial charge in [0.15, 0.2) is 0 Å². The largest absolute Gasteiger partial charge is 0.491 e. The van der Waals surface area contributed by atoms with Crippen LogP contribution in [0.4, 0.5) is 0 Å². The van der Waals surface area contributed by atoms with Crippen LogP contribution in [0.15, 0.2) is 18.2 Å². The Hall–Kier alpha value is -1.02. The third kappa shape index (κ3) is 3.24. The molecular weight excluding hydrogens is 186 g/mol. The minimum atomic E-state index is 0.217. The Labute approximate surface area is 92.6 Å². The van der Waals surface area contributed by atoms with Crippen LogP contribution in [0.25, 0.3) is 0 Å². The molecule has 0 fully saturated rings. The molecule has 0 spiro atoms. The van der Waals surface area contributed by atoms with E-state index in [0.717, 1.165) is 5.75 Å². The van der Waals surface area contributed by atoms with Crippen LogP contribution in [0.3, 0.4) is 0 Å². The predicted octanol–water partition coefficient (Wildman–Crippen LogP) is 3.06. The summed E-state index contributed by atoms with van der Waals surface area (Å²) in [4.78, 5) is 0. The summed E-state index contributed by atoms with van der Waals surface area (Å²) >= 11 is 0. The van der Waals surface area contributed by atoms with Gasteiger partial charge in [-0.3, -0.25) is 0 Å². The molecule has 1 N–H and O–H groups in total. The molecule has 0 aliphatic heterocycles. The Kier molecular flexibility index (Phi) is 4.15. The van der Waals surface area contributed by atoms with E-state index in [1.807, 2.05) is 7.05 Å². The highest BCUT2D eigenvalue weighted by molar-refractivity contribution is 5.39. The van der Waals surface area contributed by atoms with E-state index < -0.39 is 0 Å². The van der Waals surface area contributed by atoms with Crippen molar-refractivity contribution in [1.82, 2.24) is 5.32 Å². The highest BCUT2D eigenvalue weighted by atomic mass is 16.5. The van der Waals surface area contributed by atoms with E-state index in [1.54, 1.807) is 0 Å². The zero-order valence-corrected chi connectivity index (χ0v) is 10.3. The van der Waals surface area contributed by atoms with E-state index in [0.29, 0.717) is 6.04 Å². The number of hydrogen-bond acceptors (Lipinski definition) is 2. The van der Waals surface area contributed by atoms with Crippen molar-refractivity contribution < 1.29 is 4.74 Å². The van der Waals surface area contributed by atoms with Gasteiger partial charge >= 0.3 is 0 Å². The molecule has 1 unspecified atom stereocenters. The maximum Gasteiger partial charge on any atom is 0.124 e. The normalized spacial score (nSPS) is 12.9. The molecule has 84 valence electrons. The predicted molar refractivity (Wildman–Crippen MR) is 64.4 cm³/mol. The van der Waals surface area contributed by atoms with Crippen LogP contribution in [0.1, 0.15) is 37.9 Å². The zero-order valence-electron chi connectivity index (χ0n) is 10.3. The van der Waals surface area contributed by atoms with Crippen molar-refractivity contribution >= 4 is 0 Å². The summed E-state index contributed by atoms with van der Waals surface area (Å²) in [7, 11) is 1.96. The van der Waals surface area contributed by atoms with Crippen molar-refractivity contribution in [3.63, 3.8) is 0 Å². The van der Waals surface area contributed by atoms with Crippen molar-refractivity contribution in [3.8, 4) is 5.75 Å². The summed E-state index contributed by atoms with van der Waals surface area (Å²) in [6, 6.07) is 6.67. The van der Waals surface area contributed by atoms with Crippen molar-refractivity contribution in [3.05, 3.63) is 29.3 Å². The first-order valence-electron chi connectivity index (χ1n) is 5.49. The monoisotopic (exact) mass is 207 g/mol. The topological polar surface area (TPSA) is 21.3 Å². The van der Waals surface area contributed by atoms with Crippen LogP contribution in [0.5, 0.6) is 5.75 Å². The summed E-state index contributed by atoms with van der Waals surface area (Å²) in [5.74, 6) is 0.992. The third-order valence-corrected chi connectivity index (χ3v) is 2.43. The van der Waals surface area contributed by atoms with E-state index in [1.165, 1.54) is 11.1 Å². The highest BCUT2D eigenvalue weighted by Crippen LogP contribution is 2.26. The maximum absolute atomic E-state index is 5.81. The standard InChI is InChI=1S/C13H21NO/c1-9(2)15-13-8-10(3)6-7-12(13)11(4)14-5/h6-9,11,14H,1-5H3. The molecule has 0 radical (unpaired) electrons. The van der Waals surface area contributed by atoms with Gasteiger partial charge in [0.25, 0.3) is 0 Å². The Morgan fingerprint density at radius 1 is 1.20 bits per heavy atom. The molecule has 0 aromatic heterocycles. The van der Waals surface area contributed by atoms with E-state index >= 15 is 0 Å². The lowest BCUT2D eigenvalue weighted by Crippen LogP contribution is -2.15. The van der Waals surface area contributed by atoms with Crippen LogP contribution in [-0.4, -0.2) is 13.2 Å². The van der Waals surface area contributed by atoms with Gasteiger partial charge < -0.3 is 10.1 Å². The highest BCUT2D eigenvalue weighted by Gasteiger charge is 2.11. The van der Waals surface area contributed by atoms with Gasteiger partial charge in [0.1, 0.15) is 5.75 Å². The fourth-order valence-electron chi connectivity index (χ4n) is 1.51. The molecule has 2 nitrogen and oxygen atoms in total. The van der Waals surface area contributed by atoms with Crippen molar-refractivity contribution in [2.75, 3.05) is 7.05 Å². The first-order valence-corrected chi connectivity index (χ1v) is 5.49. The quantitative estimate of drug-likeness (QED) is 0.819. The summed E-state index contributed by atoms with van der Waals surface area (Å²) in [5.41, 5.74) is 2.45. The molecular formula is C13H21NO.